The Morgan fingerprint density at radius 3 is 2.42 bits per heavy atom. The molecule has 0 aromatic carbocycles. The maximum Gasteiger partial charge on any atom is 0.161 e. The van der Waals surface area contributed by atoms with Crippen LogP contribution in [0.4, 0.5) is 0 Å². The van der Waals surface area contributed by atoms with Gasteiger partial charge < -0.3 is 5.11 Å². The van der Waals surface area contributed by atoms with E-state index in [2.05, 4.69) is 13.8 Å². The zero-order chi connectivity index (χ0) is 9.56. The first kappa shape index (κ1) is 11.6. The fourth-order valence-corrected chi connectivity index (χ4v) is 1.17. The standard InChI is InChI=1S/C10H20O2/c1-4-5-6-8(2)7-10(12)9(3)11/h8-9,11H,4-7H2,1-3H3. The van der Waals surface area contributed by atoms with Crippen LogP contribution >= 0.6 is 0 Å². The average molecular weight is 172 g/mol. The summed E-state index contributed by atoms with van der Waals surface area (Å²) in [5.74, 6) is 0.394. The predicted octanol–water partition coefficient (Wildman–Crippen LogP) is 2.15. The van der Waals surface area contributed by atoms with Crippen molar-refractivity contribution in [3.63, 3.8) is 0 Å². The van der Waals surface area contributed by atoms with Gasteiger partial charge in [0.25, 0.3) is 0 Å². The lowest BCUT2D eigenvalue weighted by Crippen LogP contribution is -2.18. The highest BCUT2D eigenvalue weighted by Gasteiger charge is 2.12. The van der Waals surface area contributed by atoms with Gasteiger partial charge >= 0.3 is 0 Å². The Morgan fingerprint density at radius 1 is 1.42 bits per heavy atom. The van der Waals surface area contributed by atoms with Gasteiger partial charge in [0.1, 0.15) is 6.10 Å². The molecule has 72 valence electrons. The highest BCUT2D eigenvalue weighted by Crippen LogP contribution is 2.12. The van der Waals surface area contributed by atoms with E-state index < -0.39 is 6.10 Å². The largest absolute Gasteiger partial charge is 0.386 e. The summed E-state index contributed by atoms with van der Waals surface area (Å²) in [6.45, 7) is 5.74. The van der Waals surface area contributed by atoms with Gasteiger partial charge in [0.15, 0.2) is 5.78 Å². The van der Waals surface area contributed by atoms with E-state index in [4.69, 9.17) is 5.11 Å². The summed E-state index contributed by atoms with van der Waals surface area (Å²) >= 11 is 0. The second kappa shape index (κ2) is 6.18. The molecule has 2 nitrogen and oxygen atoms in total. The quantitative estimate of drug-likeness (QED) is 0.666. The van der Waals surface area contributed by atoms with Gasteiger partial charge in [-0.3, -0.25) is 4.79 Å². The Morgan fingerprint density at radius 2 is 2.00 bits per heavy atom. The van der Waals surface area contributed by atoms with Gasteiger partial charge in [-0.05, 0) is 12.8 Å². The minimum atomic E-state index is -0.783. The normalized spacial score (nSPS) is 15.7. The molecule has 0 bridgehead atoms. The number of carbonyl (C=O) groups excluding carboxylic acids is 1. The summed E-state index contributed by atoms with van der Waals surface area (Å²) in [4.78, 5) is 11.1. The van der Waals surface area contributed by atoms with Gasteiger partial charge in [0.2, 0.25) is 0 Å². The van der Waals surface area contributed by atoms with Crippen molar-refractivity contribution in [3.05, 3.63) is 0 Å². The van der Waals surface area contributed by atoms with E-state index in [9.17, 15) is 4.79 Å². The molecule has 0 fully saturated rings. The van der Waals surface area contributed by atoms with Crippen LogP contribution in [0.3, 0.4) is 0 Å². The van der Waals surface area contributed by atoms with Crippen LogP contribution in [-0.2, 0) is 4.79 Å². The van der Waals surface area contributed by atoms with Crippen LogP contribution in [-0.4, -0.2) is 17.0 Å². The van der Waals surface area contributed by atoms with Crippen LogP contribution < -0.4 is 0 Å². The van der Waals surface area contributed by atoms with Crippen molar-refractivity contribution in [2.75, 3.05) is 0 Å². The molecule has 0 aliphatic rings. The molecule has 0 aromatic heterocycles. The lowest BCUT2D eigenvalue weighted by molar-refractivity contribution is -0.127. The van der Waals surface area contributed by atoms with E-state index in [1.165, 1.54) is 19.8 Å². The molecular formula is C10H20O2. The van der Waals surface area contributed by atoms with Crippen molar-refractivity contribution in [1.29, 1.82) is 0 Å². The summed E-state index contributed by atoms with van der Waals surface area (Å²) in [5, 5.41) is 8.95. The number of Topliss-reactive ketones (excluding diaryl/α,β-unsaturated/α-hetero) is 1. The van der Waals surface area contributed by atoms with Crippen molar-refractivity contribution in [2.24, 2.45) is 5.92 Å². The second-order valence-electron chi connectivity index (χ2n) is 3.59. The Hall–Kier alpha value is -0.370. The van der Waals surface area contributed by atoms with E-state index in [0.717, 1.165) is 6.42 Å². The number of carbonyl (C=O) groups is 1. The molecule has 0 radical (unpaired) electrons. The average Bonchev–Trinajstić information content (AvgIpc) is 2.00. The fourth-order valence-electron chi connectivity index (χ4n) is 1.17. The van der Waals surface area contributed by atoms with Crippen LogP contribution in [0.2, 0.25) is 0 Å². The first-order chi connectivity index (χ1) is 5.57. The van der Waals surface area contributed by atoms with Crippen molar-refractivity contribution in [1.82, 2.24) is 0 Å². The first-order valence-electron chi connectivity index (χ1n) is 4.78. The Balaban J connectivity index is 3.54. The molecule has 0 saturated carbocycles. The van der Waals surface area contributed by atoms with E-state index in [-0.39, 0.29) is 5.78 Å². The predicted molar refractivity (Wildman–Crippen MR) is 50.0 cm³/mol. The molecule has 0 rings (SSSR count). The maximum atomic E-state index is 11.1. The zero-order valence-electron chi connectivity index (χ0n) is 8.34. The van der Waals surface area contributed by atoms with Crippen LogP contribution in [0.15, 0.2) is 0 Å². The number of unbranched alkanes of at least 4 members (excludes halogenated alkanes) is 1. The van der Waals surface area contributed by atoms with E-state index in [0.29, 0.717) is 12.3 Å². The first-order valence-corrected chi connectivity index (χ1v) is 4.78. The summed E-state index contributed by atoms with van der Waals surface area (Å²) < 4.78 is 0. The van der Waals surface area contributed by atoms with Crippen LogP contribution in [0.5, 0.6) is 0 Å². The van der Waals surface area contributed by atoms with Gasteiger partial charge in [-0.2, -0.15) is 0 Å². The molecule has 2 heteroatoms. The topological polar surface area (TPSA) is 37.3 Å². The smallest absolute Gasteiger partial charge is 0.161 e. The number of rotatable bonds is 6. The van der Waals surface area contributed by atoms with Crippen LogP contribution in [0.25, 0.3) is 0 Å². The number of ketones is 1. The van der Waals surface area contributed by atoms with Crippen LogP contribution in [0, 0.1) is 5.92 Å². The molecule has 0 aliphatic heterocycles. The van der Waals surface area contributed by atoms with Gasteiger partial charge in [-0.1, -0.05) is 33.1 Å². The minimum absolute atomic E-state index is 0.0291. The highest BCUT2D eigenvalue weighted by atomic mass is 16.3. The van der Waals surface area contributed by atoms with Crippen molar-refractivity contribution in [3.8, 4) is 0 Å². The Kier molecular flexibility index (Phi) is 5.99. The zero-order valence-corrected chi connectivity index (χ0v) is 8.34. The summed E-state index contributed by atoms with van der Waals surface area (Å²) in [6.07, 6.45) is 3.18. The third kappa shape index (κ3) is 5.30. The number of hydrogen-bond acceptors (Lipinski definition) is 2. The van der Waals surface area contributed by atoms with Crippen molar-refractivity contribution >= 4 is 5.78 Å². The summed E-state index contributed by atoms with van der Waals surface area (Å²) in [6, 6.07) is 0. The molecular weight excluding hydrogens is 152 g/mol. The van der Waals surface area contributed by atoms with E-state index in [1.54, 1.807) is 0 Å². The van der Waals surface area contributed by atoms with Crippen LogP contribution in [0.1, 0.15) is 46.5 Å². The SMILES string of the molecule is CCCCC(C)CC(=O)C(C)O. The summed E-state index contributed by atoms with van der Waals surface area (Å²) in [7, 11) is 0. The molecule has 0 amide bonds. The molecule has 0 aromatic rings. The lowest BCUT2D eigenvalue weighted by atomic mass is 9.97. The fraction of sp³-hybridized carbons (Fsp3) is 0.900. The van der Waals surface area contributed by atoms with Crippen molar-refractivity contribution in [2.45, 2.75) is 52.6 Å². The van der Waals surface area contributed by atoms with Gasteiger partial charge in [-0.25, -0.2) is 0 Å². The lowest BCUT2D eigenvalue weighted by Gasteiger charge is -2.10. The maximum absolute atomic E-state index is 11.1. The second-order valence-corrected chi connectivity index (χ2v) is 3.59. The van der Waals surface area contributed by atoms with Crippen molar-refractivity contribution < 1.29 is 9.90 Å². The Bertz CT molecular complexity index is 130. The number of aliphatic hydroxyl groups excluding tert-OH is 1. The molecule has 0 heterocycles. The highest BCUT2D eigenvalue weighted by molar-refractivity contribution is 5.82. The van der Waals surface area contributed by atoms with Gasteiger partial charge in [-0.15, -0.1) is 0 Å². The Labute approximate surface area is 75.0 Å². The van der Waals surface area contributed by atoms with Gasteiger partial charge in [0, 0.05) is 6.42 Å². The van der Waals surface area contributed by atoms with E-state index in [1.807, 2.05) is 0 Å². The molecule has 2 unspecified atom stereocenters. The molecule has 0 aliphatic carbocycles. The molecule has 12 heavy (non-hydrogen) atoms. The summed E-state index contributed by atoms with van der Waals surface area (Å²) in [5.41, 5.74) is 0. The molecule has 2 atom stereocenters. The molecule has 0 spiro atoms. The van der Waals surface area contributed by atoms with E-state index >= 15 is 0 Å². The molecule has 0 saturated heterocycles. The third-order valence-corrected chi connectivity index (χ3v) is 2.07. The number of hydrogen-bond donors (Lipinski definition) is 1. The van der Waals surface area contributed by atoms with Gasteiger partial charge in [0.05, 0.1) is 0 Å². The number of aliphatic hydroxyl groups is 1. The monoisotopic (exact) mass is 172 g/mol. The third-order valence-electron chi connectivity index (χ3n) is 2.07. The molecule has 1 N–H and O–H groups in total. The minimum Gasteiger partial charge on any atom is -0.386 e.